The highest BCUT2D eigenvalue weighted by atomic mass is 16.3. The van der Waals surface area contributed by atoms with Crippen LogP contribution in [-0.2, 0) is 7.05 Å². The van der Waals surface area contributed by atoms with Crippen LogP contribution in [0.2, 0.25) is 0 Å². The number of hydrogen-bond donors (Lipinski definition) is 1. The third-order valence-corrected chi connectivity index (χ3v) is 5.48. The minimum absolute atomic E-state index is 0.0585. The van der Waals surface area contributed by atoms with Crippen molar-refractivity contribution < 1.29 is 14.0 Å². The Labute approximate surface area is 152 Å². The summed E-state index contributed by atoms with van der Waals surface area (Å²) in [6, 6.07) is 3.70. The van der Waals surface area contributed by atoms with Gasteiger partial charge in [-0.3, -0.25) is 9.59 Å². The maximum Gasteiger partial charge on any atom is 0.292 e. The van der Waals surface area contributed by atoms with Gasteiger partial charge in [-0.15, -0.1) is 0 Å². The molecule has 138 valence electrons. The molecule has 1 aliphatic heterocycles. The maximum absolute atomic E-state index is 13.2. The second kappa shape index (κ2) is 6.63. The van der Waals surface area contributed by atoms with Crippen LogP contribution >= 0.6 is 0 Å². The number of rotatable bonds is 4. The molecule has 2 amide bonds. The average molecular weight is 356 g/mol. The van der Waals surface area contributed by atoms with E-state index < -0.39 is 0 Å². The summed E-state index contributed by atoms with van der Waals surface area (Å²) < 4.78 is 7.37. The molecular formula is C19H24N4O3. The minimum Gasteiger partial charge on any atom is -0.438 e. The highest BCUT2D eigenvalue weighted by Gasteiger charge is 2.37. The summed E-state index contributed by atoms with van der Waals surface area (Å²) in [6.07, 6.45) is 6.44. The fourth-order valence-corrected chi connectivity index (χ4v) is 3.89. The fraction of sp³-hybridized carbons (Fsp3) is 0.526. The summed E-state index contributed by atoms with van der Waals surface area (Å²) in [4.78, 5) is 31.4. The molecule has 0 radical (unpaired) electrons. The Morgan fingerprint density at radius 2 is 2.04 bits per heavy atom. The smallest absolute Gasteiger partial charge is 0.292 e. The van der Waals surface area contributed by atoms with Gasteiger partial charge in [-0.05, 0) is 44.2 Å². The number of oxazole rings is 1. The lowest BCUT2D eigenvalue weighted by Gasteiger charge is -2.35. The summed E-state index contributed by atoms with van der Waals surface area (Å²) in [5, 5.41) is 2.66. The molecule has 0 spiro atoms. The molecule has 1 atom stereocenters. The van der Waals surface area contributed by atoms with E-state index in [1.54, 1.807) is 7.05 Å². The van der Waals surface area contributed by atoms with Crippen molar-refractivity contribution >= 4 is 11.8 Å². The predicted molar refractivity (Wildman–Crippen MR) is 94.9 cm³/mol. The molecule has 26 heavy (non-hydrogen) atoms. The van der Waals surface area contributed by atoms with Crippen molar-refractivity contribution in [1.82, 2.24) is 19.8 Å². The van der Waals surface area contributed by atoms with Crippen LogP contribution < -0.4 is 5.32 Å². The molecule has 1 N–H and O–H groups in total. The largest absolute Gasteiger partial charge is 0.438 e. The standard InChI is InChI=1S/C19H24N4O3/c1-20-18(24)15-9-8-13(22(15)2)14-5-3-4-10-23(14)19(25)17-16(12-6-7-12)21-11-26-17/h8-9,11-12,14H,3-7,10H2,1-2H3,(H,20,24). The second-order valence-corrected chi connectivity index (χ2v) is 7.13. The SMILES string of the molecule is CNC(=O)c1ccc(C2CCCCN2C(=O)c2ocnc2C2CC2)n1C. The molecule has 3 heterocycles. The van der Waals surface area contributed by atoms with Gasteiger partial charge < -0.3 is 19.2 Å². The van der Waals surface area contributed by atoms with E-state index >= 15 is 0 Å². The third-order valence-electron chi connectivity index (χ3n) is 5.48. The monoisotopic (exact) mass is 356 g/mol. The lowest BCUT2D eigenvalue weighted by atomic mass is 9.98. The Morgan fingerprint density at radius 3 is 2.77 bits per heavy atom. The lowest BCUT2D eigenvalue weighted by Crippen LogP contribution is -2.39. The van der Waals surface area contributed by atoms with Crippen LogP contribution in [0, 0.1) is 0 Å². The highest BCUT2D eigenvalue weighted by Crippen LogP contribution is 2.42. The van der Waals surface area contributed by atoms with E-state index in [0.29, 0.717) is 23.9 Å². The zero-order chi connectivity index (χ0) is 18.3. The number of nitrogens with zero attached hydrogens (tertiary/aromatic N) is 3. The molecule has 0 aromatic carbocycles. The van der Waals surface area contributed by atoms with Gasteiger partial charge in [0.15, 0.2) is 6.39 Å². The Kier molecular flexibility index (Phi) is 4.30. The Balaban J connectivity index is 1.65. The van der Waals surface area contributed by atoms with Crippen LogP contribution in [0.25, 0.3) is 0 Å². The van der Waals surface area contributed by atoms with Gasteiger partial charge in [-0.1, -0.05) is 0 Å². The van der Waals surface area contributed by atoms with Gasteiger partial charge >= 0.3 is 0 Å². The first-order valence-electron chi connectivity index (χ1n) is 9.24. The number of aromatic nitrogens is 2. The molecule has 1 saturated carbocycles. The van der Waals surface area contributed by atoms with E-state index in [9.17, 15) is 9.59 Å². The summed E-state index contributed by atoms with van der Waals surface area (Å²) in [5.74, 6) is 0.543. The molecule has 1 unspecified atom stereocenters. The number of piperidine rings is 1. The number of likely N-dealkylation sites (tertiary alicyclic amines) is 1. The van der Waals surface area contributed by atoms with Crippen LogP contribution in [0.1, 0.15) is 76.5 Å². The third kappa shape index (κ3) is 2.81. The van der Waals surface area contributed by atoms with E-state index in [-0.39, 0.29) is 17.9 Å². The van der Waals surface area contributed by atoms with Crippen LogP contribution in [0.4, 0.5) is 0 Å². The first-order chi connectivity index (χ1) is 12.6. The molecule has 2 aliphatic rings. The minimum atomic E-state index is -0.126. The van der Waals surface area contributed by atoms with Crippen molar-refractivity contribution in [3.63, 3.8) is 0 Å². The highest BCUT2D eigenvalue weighted by molar-refractivity contribution is 5.94. The van der Waals surface area contributed by atoms with Gasteiger partial charge in [0, 0.05) is 32.3 Å². The first kappa shape index (κ1) is 16.9. The van der Waals surface area contributed by atoms with Crippen molar-refractivity contribution in [2.24, 2.45) is 7.05 Å². The second-order valence-electron chi connectivity index (χ2n) is 7.13. The van der Waals surface area contributed by atoms with Crippen molar-refractivity contribution in [1.29, 1.82) is 0 Å². The van der Waals surface area contributed by atoms with E-state index in [2.05, 4.69) is 10.3 Å². The van der Waals surface area contributed by atoms with Crippen LogP contribution in [0.15, 0.2) is 22.9 Å². The van der Waals surface area contributed by atoms with Crippen LogP contribution in [0.3, 0.4) is 0 Å². The van der Waals surface area contributed by atoms with Gasteiger partial charge in [-0.2, -0.15) is 0 Å². The van der Waals surface area contributed by atoms with Crippen LogP contribution in [-0.4, -0.2) is 39.9 Å². The van der Waals surface area contributed by atoms with Crippen LogP contribution in [0.5, 0.6) is 0 Å². The van der Waals surface area contributed by atoms with E-state index in [4.69, 9.17) is 4.42 Å². The van der Waals surface area contributed by atoms with Gasteiger partial charge in [0.1, 0.15) is 5.69 Å². The summed E-state index contributed by atoms with van der Waals surface area (Å²) in [6.45, 7) is 0.689. The first-order valence-corrected chi connectivity index (χ1v) is 9.24. The maximum atomic E-state index is 13.2. The summed E-state index contributed by atoms with van der Waals surface area (Å²) in [5.41, 5.74) is 2.38. The van der Waals surface area contributed by atoms with Crippen molar-refractivity contribution in [2.75, 3.05) is 13.6 Å². The van der Waals surface area contributed by atoms with Crippen molar-refractivity contribution in [3.05, 3.63) is 41.4 Å². The molecule has 4 rings (SSSR count). The predicted octanol–water partition coefficient (Wildman–Crippen LogP) is 2.62. The molecule has 1 aliphatic carbocycles. The van der Waals surface area contributed by atoms with Gasteiger partial charge in [-0.25, -0.2) is 4.98 Å². The zero-order valence-corrected chi connectivity index (χ0v) is 15.2. The normalized spacial score (nSPS) is 20.2. The molecule has 1 saturated heterocycles. The molecule has 2 aromatic rings. The van der Waals surface area contributed by atoms with Gasteiger partial charge in [0.2, 0.25) is 5.76 Å². The van der Waals surface area contributed by atoms with Gasteiger partial charge in [0.05, 0.1) is 11.7 Å². The number of hydrogen-bond acceptors (Lipinski definition) is 4. The number of carbonyl (C=O) groups is 2. The topological polar surface area (TPSA) is 80.4 Å². The summed E-state index contributed by atoms with van der Waals surface area (Å²) >= 11 is 0. The molecule has 7 nitrogen and oxygen atoms in total. The Hall–Kier alpha value is -2.57. The quantitative estimate of drug-likeness (QED) is 0.913. The van der Waals surface area contributed by atoms with E-state index in [0.717, 1.165) is 43.5 Å². The Morgan fingerprint density at radius 1 is 1.23 bits per heavy atom. The molecular weight excluding hydrogens is 332 g/mol. The number of nitrogens with one attached hydrogen (secondary N) is 1. The molecule has 7 heteroatoms. The zero-order valence-electron chi connectivity index (χ0n) is 15.2. The van der Waals surface area contributed by atoms with Gasteiger partial charge in [0.25, 0.3) is 11.8 Å². The van der Waals surface area contributed by atoms with E-state index in [1.165, 1.54) is 6.39 Å². The fourth-order valence-electron chi connectivity index (χ4n) is 3.89. The van der Waals surface area contributed by atoms with Crippen molar-refractivity contribution in [3.8, 4) is 0 Å². The van der Waals surface area contributed by atoms with E-state index in [1.807, 2.05) is 28.6 Å². The average Bonchev–Trinajstić information content (AvgIpc) is 3.27. The summed E-state index contributed by atoms with van der Waals surface area (Å²) in [7, 11) is 3.50. The lowest BCUT2D eigenvalue weighted by molar-refractivity contribution is 0.0568. The van der Waals surface area contributed by atoms with Crippen molar-refractivity contribution in [2.45, 2.75) is 44.1 Å². The number of amides is 2. The molecule has 2 aromatic heterocycles. The Bertz CT molecular complexity index is 834. The molecule has 0 bridgehead atoms. The number of carbonyl (C=O) groups excluding carboxylic acids is 2. The molecule has 2 fully saturated rings.